The summed E-state index contributed by atoms with van der Waals surface area (Å²) in [5, 5.41) is 2.46. The third kappa shape index (κ3) is 6.98. The minimum atomic E-state index is -0.370. The van der Waals surface area contributed by atoms with E-state index < -0.39 is 0 Å². The minimum absolute atomic E-state index is 0.259. The van der Waals surface area contributed by atoms with Crippen molar-refractivity contribution >= 4 is 89.0 Å². The van der Waals surface area contributed by atoms with Gasteiger partial charge in [0.1, 0.15) is 0 Å². The lowest BCUT2D eigenvalue weighted by Crippen LogP contribution is -2.85. The number of anilines is 4. The fourth-order valence-electron chi connectivity index (χ4n) is 11.3. The summed E-state index contributed by atoms with van der Waals surface area (Å²) in [4.78, 5) is 5.23. The standard InChI is InChI=1S/C60H46B4N6/c1-8-27-48(28-9-1)61-66(52-35-16-5-17-36-52)63(50-31-12-3-13-32-50)70-64(67(61)53-37-18-6-19-38-53)68(62(49-29-10-2-11-30-49)69(70)54-39-20-7-21-40-54)55-41-24-26-47(46-55)56-43-25-44-58-57-42-22-23-45-59(57)65(60(56)58)51-33-14-4-15-34-51/h1-46H. The van der Waals surface area contributed by atoms with E-state index in [1.54, 1.807) is 0 Å². The lowest BCUT2D eigenvalue weighted by molar-refractivity contribution is 0.701. The zero-order valence-corrected chi connectivity index (χ0v) is 38.6. The SMILES string of the molecule is c1ccc(B2N(c3ccccc3)B(c3ccccc3)N3B(N2c2ccccc2)N(c2cccc(-c4cccc5c6ccccc6n(-c6ccccc6)c45)c2)B(c2ccccc2)N3c2ccccc2)cc1. The van der Waals surface area contributed by atoms with E-state index in [9.17, 15) is 0 Å². The summed E-state index contributed by atoms with van der Waals surface area (Å²) in [5.74, 6) is 0. The minimum Gasteiger partial charge on any atom is -0.420 e. The molecule has 0 bridgehead atoms. The number of aromatic nitrogens is 1. The topological polar surface area (TPSA) is 21.1 Å². The number of rotatable bonds is 9. The van der Waals surface area contributed by atoms with Crippen molar-refractivity contribution in [3.05, 3.63) is 279 Å². The van der Waals surface area contributed by atoms with Crippen molar-refractivity contribution in [2.24, 2.45) is 0 Å². The van der Waals surface area contributed by atoms with Gasteiger partial charge in [-0.1, -0.05) is 212 Å². The average Bonchev–Trinajstić information content (AvgIpc) is 3.98. The molecule has 2 saturated heterocycles. The molecule has 0 saturated carbocycles. The number of hydrazine groups is 1. The second-order valence-electron chi connectivity index (χ2n) is 18.1. The molecule has 0 unspecified atom stereocenters. The molecule has 3 heterocycles. The molecular weight excluding hydrogens is 848 g/mol. The van der Waals surface area contributed by atoms with Gasteiger partial charge in [0, 0.05) is 44.8 Å². The van der Waals surface area contributed by atoms with Gasteiger partial charge in [-0.25, -0.2) is 4.83 Å². The molecule has 2 aliphatic rings. The van der Waals surface area contributed by atoms with Gasteiger partial charge >= 0.3 is 28.1 Å². The summed E-state index contributed by atoms with van der Waals surface area (Å²) in [6, 6.07) is 102. The Balaban J connectivity index is 1.12. The van der Waals surface area contributed by atoms with E-state index in [1.165, 1.54) is 43.8 Å². The molecule has 328 valence electrons. The van der Waals surface area contributed by atoms with E-state index >= 15 is 0 Å². The molecule has 0 radical (unpaired) electrons. The fraction of sp³-hybridized carbons (Fsp3) is 0. The highest BCUT2D eigenvalue weighted by Gasteiger charge is 2.66. The van der Waals surface area contributed by atoms with Crippen molar-refractivity contribution < 1.29 is 0 Å². The van der Waals surface area contributed by atoms with Crippen molar-refractivity contribution in [3.8, 4) is 16.8 Å². The van der Waals surface area contributed by atoms with Gasteiger partial charge in [0.2, 0.25) is 0 Å². The van der Waals surface area contributed by atoms with Crippen LogP contribution in [0, 0.1) is 0 Å². The monoisotopic (exact) mass is 894 g/mol. The molecule has 2 fully saturated rings. The van der Waals surface area contributed by atoms with Gasteiger partial charge in [0.05, 0.1) is 11.0 Å². The highest BCUT2D eigenvalue weighted by molar-refractivity contribution is 7.13. The molecule has 0 aliphatic carbocycles. The summed E-state index contributed by atoms with van der Waals surface area (Å²) >= 11 is 0. The Morgan fingerprint density at radius 2 is 0.714 bits per heavy atom. The highest BCUT2D eigenvalue weighted by Crippen LogP contribution is 2.43. The van der Waals surface area contributed by atoms with E-state index in [4.69, 9.17) is 0 Å². The predicted molar refractivity (Wildman–Crippen MR) is 299 cm³/mol. The first kappa shape index (κ1) is 41.6. The van der Waals surface area contributed by atoms with Crippen LogP contribution in [0.25, 0.3) is 38.6 Å². The van der Waals surface area contributed by atoms with Crippen LogP contribution in [-0.2, 0) is 0 Å². The maximum atomic E-state index is 2.68. The van der Waals surface area contributed by atoms with E-state index in [-0.39, 0.29) is 28.1 Å². The second-order valence-corrected chi connectivity index (χ2v) is 18.1. The van der Waals surface area contributed by atoms with E-state index in [1.807, 2.05) is 0 Å². The number of benzene rings is 10. The third-order valence-electron chi connectivity index (χ3n) is 14.1. The van der Waals surface area contributed by atoms with Gasteiger partial charge in [-0.15, -0.1) is 0 Å². The molecule has 10 aromatic carbocycles. The van der Waals surface area contributed by atoms with E-state index in [0.29, 0.717) is 0 Å². The van der Waals surface area contributed by atoms with Gasteiger partial charge < -0.3 is 23.7 Å². The zero-order valence-electron chi connectivity index (χ0n) is 38.6. The first-order valence-electron chi connectivity index (χ1n) is 24.2. The Kier molecular flexibility index (Phi) is 10.6. The number of fused-ring (bicyclic) bond motifs is 4. The lowest BCUT2D eigenvalue weighted by atomic mass is 9.42. The Hall–Kier alpha value is -8.58. The van der Waals surface area contributed by atoms with E-state index in [0.717, 1.165) is 34.0 Å². The number of para-hydroxylation sites is 6. The Morgan fingerprint density at radius 1 is 0.286 bits per heavy atom. The van der Waals surface area contributed by atoms with Gasteiger partial charge in [-0.05, 0) is 88.7 Å². The number of hydrogen-bond donors (Lipinski definition) is 0. The summed E-state index contributed by atoms with van der Waals surface area (Å²) < 4.78 is 10.4. The van der Waals surface area contributed by atoms with Gasteiger partial charge in [-0.3, -0.25) is 0 Å². The summed E-state index contributed by atoms with van der Waals surface area (Å²) in [6.07, 6.45) is 0. The predicted octanol–water partition coefficient (Wildman–Crippen LogP) is 11.2. The van der Waals surface area contributed by atoms with Crippen molar-refractivity contribution in [1.82, 2.24) is 9.40 Å². The molecule has 0 spiro atoms. The molecule has 0 atom stereocenters. The third-order valence-corrected chi connectivity index (χ3v) is 14.1. The molecule has 70 heavy (non-hydrogen) atoms. The van der Waals surface area contributed by atoms with Crippen LogP contribution < -0.4 is 35.5 Å². The number of hydrogen-bond acceptors (Lipinski definition) is 5. The van der Waals surface area contributed by atoms with E-state index in [2.05, 4.69) is 308 Å². The van der Waals surface area contributed by atoms with Crippen LogP contribution in [0.5, 0.6) is 0 Å². The van der Waals surface area contributed by atoms with Crippen molar-refractivity contribution in [2.45, 2.75) is 0 Å². The molecule has 2 aliphatic heterocycles. The largest absolute Gasteiger partial charge is 0.456 e. The maximum Gasteiger partial charge on any atom is 0.456 e. The van der Waals surface area contributed by atoms with Crippen LogP contribution >= 0.6 is 0 Å². The molecule has 10 heteroatoms. The van der Waals surface area contributed by atoms with Crippen LogP contribution in [0.4, 0.5) is 22.7 Å². The van der Waals surface area contributed by atoms with Crippen LogP contribution in [0.15, 0.2) is 279 Å². The first-order chi connectivity index (χ1) is 34.8. The fourth-order valence-corrected chi connectivity index (χ4v) is 11.3. The van der Waals surface area contributed by atoms with Crippen LogP contribution in [0.2, 0.25) is 0 Å². The Bertz CT molecular complexity index is 3560. The smallest absolute Gasteiger partial charge is 0.420 e. The molecule has 0 amide bonds. The van der Waals surface area contributed by atoms with Crippen molar-refractivity contribution in [1.29, 1.82) is 0 Å². The Morgan fingerprint density at radius 3 is 1.31 bits per heavy atom. The Labute approximate surface area is 411 Å². The van der Waals surface area contributed by atoms with Crippen LogP contribution in [-0.4, -0.2) is 37.5 Å². The van der Waals surface area contributed by atoms with Gasteiger partial charge in [-0.2, -0.15) is 0 Å². The molecule has 1 aromatic heterocycles. The zero-order chi connectivity index (χ0) is 46.4. The molecule has 6 nitrogen and oxygen atoms in total. The highest BCUT2D eigenvalue weighted by atomic mass is 15.7. The molecular formula is C60H46B4N6. The summed E-state index contributed by atoms with van der Waals surface area (Å²) in [6.45, 7) is -0.834. The normalized spacial score (nSPS) is 14.0. The van der Waals surface area contributed by atoms with Crippen LogP contribution in [0.3, 0.4) is 0 Å². The molecule has 0 N–H and O–H groups in total. The quantitative estimate of drug-likeness (QED) is 0.134. The maximum absolute atomic E-state index is 2.68. The molecule has 11 aromatic rings. The van der Waals surface area contributed by atoms with Crippen molar-refractivity contribution in [3.63, 3.8) is 0 Å². The summed E-state index contributed by atoms with van der Waals surface area (Å²) in [5.41, 5.74) is 13.8. The van der Waals surface area contributed by atoms with Crippen molar-refractivity contribution in [2.75, 3.05) is 19.1 Å². The summed E-state index contributed by atoms with van der Waals surface area (Å²) in [7, 11) is -0.370. The first-order valence-corrected chi connectivity index (χ1v) is 24.2. The average molecular weight is 894 g/mol. The number of nitrogens with zero attached hydrogens (tertiary/aromatic N) is 6. The molecule has 13 rings (SSSR count). The van der Waals surface area contributed by atoms with Gasteiger partial charge in [0.15, 0.2) is 0 Å². The second kappa shape index (κ2) is 17.8. The van der Waals surface area contributed by atoms with Crippen LogP contribution in [0.1, 0.15) is 0 Å². The lowest BCUT2D eigenvalue weighted by Gasteiger charge is -2.55. The van der Waals surface area contributed by atoms with Gasteiger partial charge in [0.25, 0.3) is 0 Å².